The molecule has 2 N–H and O–H groups in total. The molecular formula is C15H23NO2. The van der Waals surface area contributed by atoms with Gasteiger partial charge in [0, 0.05) is 26.1 Å². The quantitative estimate of drug-likeness (QED) is 0.837. The van der Waals surface area contributed by atoms with E-state index in [1.165, 1.54) is 11.1 Å². The van der Waals surface area contributed by atoms with Crippen LogP contribution >= 0.6 is 0 Å². The van der Waals surface area contributed by atoms with Gasteiger partial charge in [-0.25, -0.2) is 0 Å². The fourth-order valence-electron chi connectivity index (χ4n) is 2.32. The summed E-state index contributed by atoms with van der Waals surface area (Å²) < 4.78 is 5.41. The van der Waals surface area contributed by atoms with E-state index in [1.807, 2.05) is 6.92 Å². The minimum atomic E-state index is -0.705. The Balaban J connectivity index is 1.81. The van der Waals surface area contributed by atoms with Crippen LogP contribution < -0.4 is 5.32 Å². The molecule has 1 aliphatic heterocycles. The van der Waals surface area contributed by atoms with Crippen LogP contribution in [0.1, 0.15) is 31.4 Å². The molecule has 18 heavy (non-hydrogen) atoms. The van der Waals surface area contributed by atoms with E-state index in [-0.39, 0.29) is 6.10 Å². The third-order valence-electron chi connectivity index (χ3n) is 3.85. The third kappa shape index (κ3) is 3.10. The Morgan fingerprint density at radius 3 is 2.56 bits per heavy atom. The number of hydrogen-bond acceptors (Lipinski definition) is 3. The molecule has 100 valence electrons. The summed E-state index contributed by atoms with van der Waals surface area (Å²) in [5.41, 5.74) is 1.90. The Bertz CT molecular complexity index is 377. The normalized spacial score (nSPS) is 27.6. The number of hydrogen-bond donors (Lipinski definition) is 2. The number of aliphatic hydroxyl groups is 1. The molecule has 0 bridgehead atoms. The zero-order chi connectivity index (χ0) is 13.0. The van der Waals surface area contributed by atoms with Gasteiger partial charge in [0.1, 0.15) is 5.60 Å². The van der Waals surface area contributed by atoms with Crippen molar-refractivity contribution < 1.29 is 9.84 Å². The molecule has 1 aromatic rings. The number of aryl methyl sites for hydroxylation is 1. The summed E-state index contributed by atoms with van der Waals surface area (Å²) >= 11 is 0. The van der Waals surface area contributed by atoms with Gasteiger partial charge >= 0.3 is 0 Å². The van der Waals surface area contributed by atoms with Crippen LogP contribution in [-0.4, -0.2) is 30.0 Å². The summed E-state index contributed by atoms with van der Waals surface area (Å²) in [7, 11) is 0. The molecule has 3 nitrogen and oxygen atoms in total. The Morgan fingerprint density at radius 1 is 1.33 bits per heavy atom. The van der Waals surface area contributed by atoms with Crippen molar-refractivity contribution in [2.24, 2.45) is 0 Å². The van der Waals surface area contributed by atoms with Gasteiger partial charge in [0.05, 0.1) is 6.10 Å². The fourth-order valence-corrected chi connectivity index (χ4v) is 2.32. The van der Waals surface area contributed by atoms with Crippen molar-refractivity contribution in [2.75, 3.05) is 13.2 Å². The molecule has 0 aromatic heterocycles. The van der Waals surface area contributed by atoms with Crippen LogP contribution in [0.2, 0.25) is 0 Å². The van der Waals surface area contributed by atoms with Gasteiger partial charge in [-0.1, -0.05) is 31.2 Å². The van der Waals surface area contributed by atoms with Crippen molar-refractivity contribution in [1.29, 1.82) is 0 Å². The van der Waals surface area contributed by atoms with Gasteiger partial charge in [0.2, 0.25) is 0 Å². The van der Waals surface area contributed by atoms with Gasteiger partial charge in [0.25, 0.3) is 0 Å². The van der Waals surface area contributed by atoms with Gasteiger partial charge in [-0.05, 0) is 24.5 Å². The van der Waals surface area contributed by atoms with Crippen LogP contribution in [0.15, 0.2) is 24.3 Å². The van der Waals surface area contributed by atoms with Crippen LogP contribution in [0.25, 0.3) is 0 Å². The number of benzene rings is 1. The zero-order valence-corrected chi connectivity index (χ0v) is 11.3. The molecule has 0 amide bonds. The van der Waals surface area contributed by atoms with E-state index in [1.54, 1.807) is 0 Å². The summed E-state index contributed by atoms with van der Waals surface area (Å²) in [6, 6.07) is 8.61. The maximum Gasteiger partial charge on any atom is 0.105 e. The number of rotatable bonds is 5. The standard InChI is InChI=1S/C15H23NO2/c1-3-13-4-6-14(7-5-13)10-16-11-15(17)8-9-18-12(15)2/h4-7,12,16-17H,3,8-11H2,1-2H3/t12-,15+/m0/s1. The second-order valence-electron chi connectivity index (χ2n) is 5.14. The highest BCUT2D eigenvalue weighted by Gasteiger charge is 2.38. The van der Waals surface area contributed by atoms with E-state index in [2.05, 4.69) is 36.5 Å². The van der Waals surface area contributed by atoms with E-state index in [4.69, 9.17) is 4.74 Å². The van der Waals surface area contributed by atoms with E-state index < -0.39 is 5.60 Å². The van der Waals surface area contributed by atoms with Gasteiger partial charge in [-0.15, -0.1) is 0 Å². The molecule has 1 fully saturated rings. The van der Waals surface area contributed by atoms with Crippen LogP contribution in [-0.2, 0) is 17.7 Å². The smallest absolute Gasteiger partial charge is 0.105 e. The average Bonchev–Trinajstić information content (AvgIpc) is 2.71. The van der Waals surface area contributed by atoms with Crippen molar-refractivity contribution in [3.05, 3.63) is 35.4 Å². The monoisotopic (exact) mass is 249 g/mol. The first-order chi connectivity index (χ1) is 8.64. The number of nitrogens with one attached hydrogen (secondary N) is 1. The van der Waals surface area contributed by atoms with Gasteiger partial charge in [0.15, 0.2) is 0 Å². The predicted octanol–water partition coefficient (Wildman–Crippen LogP) is 1.88. The van der Waals surface area contributed by atoms with Gasteiger partial charge in [-0.2, -0.15) is 0 Å². The summed E-state index contributed by atoms with van der Waals surface area (Å²) in [6.07, 6.45) is 1.71. The van der Waals surface area contributed by atoms with Crippen molar-refractivity contribution >= 4 is 0 Å². The fraction of sp³-hybridized carbons (Fsp3) is 0.600. The van der Waals surface area contributed by atoms with Crippen molar-refractivity contribution in [2.45, 2.75) is 44.9 Å². The van der Waals surface area contributed by atoms with Crippen molar-refractivity contribution in [1.82, 2.24) is 5.32 Å². The SMILES string of the molecule is CCc1ccc(CNC[C@]2(O)CCO[C@H]2C)cc1. The molecule has 1 aromatic carbocycles. The van der Waals surface area contributed by atoms with E-state index in [0.29, 0.717) is 13.2 Å². The molecular weight excluding hydrogens is 226 g/mol. The molecule has 2 rings (SSSR count). The number of ether oxygens (including phenoxy) is 1. The molecule has 0 spiro atoms. The molecule has 0 aliphatic carbocycles. The topological polar surface area (TPSA) is 41.5 Å². The Labute approximate surface area is 109 Å². The first-order valence-electron chi connectivity index (χ1n) is 6.76. The lowest BCUT2D eigenvalue weighted by Crippen LogP contribution is -2.45. The molecule has 0 unspecified atom stereocenters. The molecule has 1 heterocycles. The first-order valence-corrected chi connectivity index (χ1v) is 6.76. The Kier molecular flexibility index (Phi) is 4.38. The second kappa shape index (κ2) is 5.83. The maximum absolute atomic E-state index is 10.3. The summed E-state index contributed by atoms with van der Waals surface area (Å²) in [5.74, 6) is 0. The lowest BCUT2D eigenvalue weighted by atomic mass is 9.96. The highest BCUT2D eigenvalue weighted by molar-refractivity contribution is 5.22. The summed E-state index contributed by atoms with van der Waals surface area (Å²) in [6.45, 7) is 6.13. The molecule has 3 heteroatoms. The largest absolute Gasteiger partial charge is 0.386 e. The summed E-state index contributed by atoms with van der Waals surface area (Å²) in [5, 5.41) is 13.7. The van der Waals surface area contributed by atoms with E-state index in [0.717, 1.165) is 19.4 Å². The molecule has 2 atom stereocenters. The van der Waals surface area contributed by atoms with Crippen LogP contribution in [0.5, 0.6) is 0 Å². The van der Waals surface area contributed by atoms with Gasteiger partial charge in [-0.3, -0.25) is 0 Å². The van der Waals surface area contributed by atoms with E-state index in [9.17, 15) is 5.11 Å². The maximum atomic E-state index is 10.3. The average molecular weight is 249 g/mol. The van der Waals surface area contributed by atoms with Crippen molar-refractivity contribution in [3.8, 4) is 0 Å². The Hall–Kier alpha value is -0.900. The third-order valence-corrected chi connectivity index (χ3v) is 3.85. The Morgan fingerprint density at radius 2 is 2.00 bits per heavy atom. The lowest BCUT2D eigenvalue weighted by molar-refractivity contribution is -0.0262. The molecule has 1 saturated heterocycles. The minimum Gasteiger partial charge on any atom is -0.386 e. The summed E-state index contributed by atoms with van der Waals surface area (Å²) in [4.78, 5) is 0. The predicted molar refractivity (Wildman–Crippen MR) is 72.5 cm³/mol. The van der Waals surface area contributed by atoms with Gasteiger partial charge < -0.3 is 15.2 Å². The molecule has 0 saturated carbocycles. The molecule has 0 radical (unpaired) electrons. The lowest BCUT2D eigenvalue weighted by Gasteiger charge is -2.26. The highest BCUT2D eigenvalue weighted by atomic mass is 16.5. The molecule has 1 aliphatic rings. The van der Waals surface area contributed by atoms with Crippen LogP contribution in [0, 0.1) is 0 Å². The van der Waals surface area contributed by atoms with Crippen LogP contribution in [0.4, 0.5) is 0 Å². The van der Waals surface area contributed by atoms with E-state index >= 15 is 0 Å². The van der Waals surface area contributed by atoms with Crippen LogP contribution in [0.3, 0.4) is 0 Å². The first kappa shape index (κ1) is 13.5. The van der Waals surface area contributed by atoms with Crippen molar-refractivity contribution in [3.63, 3.8) is 0 Å². The highest BCUT2D eigenvalue weighted by Crippen LogP contribution is 2.24. The second-order valence-corrected chi connectivity index (χ2v) is 5.14. The minimum absolute atomic E-state index is 0.0764. The zero-order valence-electron chi connectivity index (χ0n) is 11.3.